The predicted molar refractivity (Wildman–Crippen MR) is 99.0 cm³/mol. The van der Waals surface area contributed by atoms with Crippen molar-refractivity contribution in [3.05, 3.63) is 73.0 Å². The Hall–Kier alpha value is -2.55. The topological polar surface area (TPSA) is 89.1 Å². The minimum Gasteiger partial charge on any atom is -0.258 e. The van der Waals surface area contributed by atoms with Crippen LogP contribution in [0.25, 0.3) is 11.4 Å². The van der Waals surface area contributed by atoms with Crippen molar-refractivity contribution in [1.29, 1.82) is 0 Å². The molecule has 0 amide bonds. The molecule has 0 aliphatic carbocycles. The second kappa shape index (κ2) is 7.14. The molecule has 0 atom stereocenters. The molecule has 0 bridgehead atoms. The lowest BCUT2D eigenvalue weighted by molar-refractivity contribution is -0.384. The van der Waals surface area contributed by atoms with Gasteiger partial charge in [-0.25, -0.2) is 5.10 Å². The molecular formula is C15H9Cl2N5O2S. The number of hydrogen-bond donors (Lipinski definition) is 1. The summed E-state index contributed by atoms with van der Waals surface area (Å²) in [5.74, 6) is 0.421. The van der Waals surface area contributed by atoms with Crippen LogP contribution in [0.1, 0.15) is 5.56 Å². The van der Waals surface area contributed by atoms with Crippen molar-refractivity contribution < 1.29 is 4.92 Å². The highest BCUT2D eigenvalue weighted by Crippen LogP contribution is 2.29. The standard InChI is InChI=1S/C15H9Cl2N5O2S/c16-10-3-6-12(13(17)7-10)14-19-20-15(25)21(14)18-8-9-1-4-11(5-2-9)22(23)24/h1-8H,(H,20,25). The summed E-state index contributed by atoms with van der Waals surface area (Å²) in [6.07, 6.45) is 1.52. The Labute approximate surface area is 156 Å². The van der Waals surface area contributed by atoms with Gasteiger partial charge in [0.15, 0.2) is 5.82 Å². The van der Waals surface area contributed by atoms with E-state index in [1.807, 2.05) is 0 Å². The molecule has 0 spiro atoms. The van der Waals surface area contributed by atoms with Crippen molar-refractivity contribution in [2.24, 2.45) is 5.10 Å². The number of nitrogens with one attached hydrogen (secondary N) is 1. The van der Waals surface area contributed by atoms with Gasteiger partial charge in [-0.3, -0.25) is 10.1 Å². The SMILES string of the molecule is O=[N+]([O-])c1ccc(C=Nn2c(-c3ccc(Cl)cc3Cl)n[nH]c2=S)cc1. The van der Waals surface area contributed by atoms with Gasteiger partial charge in [0.2, 0.25) is 4.77 Å². The number of nitro groups is 1. The number of nitrogens with zero attached hydrogens (tertiary/aromatic N) is 4. The molecule has 0 aliphatic rings. The normalized spacial score (nSPS) is 11.1. The second-order valence-electron chi connectivity index (χ2n) is 4.88. The molecule has 1 N–H and O–H groups in total. The van der Waals surface area contributed by atoms with Gasteiger partial charge in [-0.05, 0) is 48.1 Å². The molecule has 0 fully saturated rings. The van der Waals surface area contributed by atoms with E-state index in [9.17, 15) is 10.1 Å². The maximum absolute atomic E-state index is 10.7. The van der Waals surface area contributed by atoms with Crippen molar-refractivity contribution >= 4 is 47.3 Å². The molecule has 1 heterocycles. The highest BCUT2D eigenvalue weighted by molar-refractivity contribution is 7.71. The first kappa shape index (κ1) is 17.3. The molecule has 10 heteroatoms. The number of nitro benzene ring substituents is 1. The summed E-state index contributed by atoms with van der Waals surface area (Å²) in [7, 11) is 0. The lowest BCUT2D eigenvalue weighted by atomic mass is 10.2. The molecule has 3 rings (SSSR count). The highest BCUT2D eigenvalue weighted by atomic mass is 35.5. The lowest BCUT2D eigenvalue weighted by Crippen LogP contribution is -1.96. The van der Waals surface area contributed by atoms with E-state index in [0.717, 1.165) is 0 Å². The predicted octanol–water partition coefficient (Wildman–Crippen LogP) is 4.70. The van der Waals surface area contributed by atoms with Gasteiger partial charge in [-0.15, -0.1) is 0 Å². The van der Waals surface area contributed by atoms with Crippen molar-refractivity contribution in [2.75, 3.05) is 0 Å². The Kier molecular flexibility index (Phi) is 4.93. The van der Waals surface area contributed by atoms with Crippen LogP contribution < -0.4 is 0 Å². The minimum atomic E-state index is -0.465. The first-order valence-corrected chi connectivity index (χ1v) is 8.04. The number of halogens is 2. The van der Waals surface area contributed by atoms with Gasteiger partial charge < -0.3 is 0 Å². The smallest absolute Gasteiger partial charge is 0.258 e. The zero-order valence-electron chi connectivity index (χ0n) is 12.4. The van der Waals surface area contributed by atoms with Crippen LogP contribution in [0, 0.1) is 14.9 Å². The van der Waals surface area contributed by atoms with E-state index in [-0.39, 0.29) is 10.5 Å². The molecule has 0 aliphatic heterocycles. The summed E-state index contributed by atoms with van der Waals surface area (Å²) in [5.41, 5.74) is 1.28. The third-order valence-electron chi connectivity index (χ3n) is 3.25. The minimum absolute atomic E-state index is 0.00528. The van der Waals surface area contributed by atoms with Crippen molar-refractivity contribution in [3.63, 3.8) is 0 Å². The quantitative estimate of drug-likeness (QED) is 0.301. The van der Waals surface area contributed by atoms with Crippen LogP contribution in [0.3, 0.4) is 0 Å². The van der Waals surface area contributed by atoms with Crippen molar-refractivity contribution in [2.45, 2.75) is 0 Å². The molecule has 25 heavy (non-hydrogen) atoms. The molecule has 7 nitrogen and oxygen atoms in total. The van der Waals surface area contributed by atoms with Gasteiger partial charge in [-0.2, -0.15) is 14.9 Å². The van der Waals surface area contributed by atoms with Gasteiger partial charge >= 0.3 is 0 Å². The first-order chi connectivity index (χ1) is 12.0. The van der Waals surface area contributed by atoms with Gasteiger partial charge in [0.1, 0.15) is 0 Å². The molecule has 0 radical (unpaired) electrons. The molecule has 126 valence electrons. The highest BCUT2D eigenvalue weighted by Gasteiger charge is 2.12. The van der Waals surface area contributed by atoms with Crippen LogP contribution in [0.2, 0.25) is 10.0 Å². The third kappa shape index (κ3) is 3.76. The second-order valence-corrected chi connectivity index (χ2v) is 6.11. The van der Waals surface area contributed by atoms with Crippen LogP contribution >= 0.6 is 35.4 Å². The first-order valence-electron chi connectivity index (χ1n) is 6.87. The molecular weight excluding hydrogens is 385 g/mol. The van der Waals surface area contributed by atoms with Crippen LogP contribution in [0.4, 0.5) is 5.69 Å². The lowest BCUT2D eigenvalue weighted by Gasteiger charge is -2.04. The number of rotatable bonds is 4. The third-order valence-corrected chi connectivity index (χ3v) is 4.06. The zero-order valence-corrected chi connectivity index (χ0v) is 14.7. The monoisotopic (exact) mass is 393 g/mol. The summed E-state index contributed by atoms with van der Waals surface area (Å²) in [4.78, 5) is 10.2. The van der Waals surface area contributed by atoms with E-state index in [1.165, 1.54) is 23.0 Å². The average Bonchev–Trinajstić information content (AvgIpc) is 2.94. The summed E-state index contributed by atoms with van der Waals surface area (Å²) >= 11 is 17.3. The Bertz CT molecular complexity index is 1030. The van der Waals surface area contributed by atoms with E-state index in [4.69, 9.17) is 35.4 Å². The van der Waals surface area contributed by atoms with Crippen molar-refractivity contribution in [1.82, 2.24) is 14.9 Å². The molecule has 2 aromatic carbocycles. The molecule has 3 aromatic rings. The Balaban J connectivity index is 1.97. The summed E-state index contributed by atoms with van der Waals surface area (Å²) in [6, 6.07) is 11.0. The summed E-state index contributed by atoms with van der Waals surface area (Å²) < 4.78 is 1.69. The Morgan fingerprint density at radius 2 is 1.96 bits per heavy atom. The van der Waals surface area contributed by atoms with E-state index < -0.39 is 4.92 Å². The zero-order chi connectivity index (χ0) is 18.0. The molecule has 0 saturated carbocycles. The largest absolute Gasteiger partial charge is 0.269 e. The van der Waals surface area contributed by atoms with Crippen molar-refractivity contribution in [3.8, 4) is 11.4 Å². The fourth-order valence-corrected chi connectivity index (χ4v) is 2.72. The fraction of sp³-hybridized carbons (Fsp3) is 0. The fourth-order valence-electron chi connectivity index (χ4n) is 2.05. The van der Waals surface area contributed by atoms with Gasteiger partial charge in [0.25, 0.3) is 5.69 Å². The van der Waals surface area contributed by atoms with Gasteiger partial charge in [-0.1, -0.05) is 23.2 Å². The Morgan fingerprint density at radius 1 is 1.24 bits per heavy atom. The number of benzene rings is 2. The Morgan fingerprint density at radius 3 is 2.60 bits per heavy atom. The molecule has 0 unspecified atom stereocenters. The van der Waals surface area contributed by atoms with E-state index in [1.54, 1.807) is 30.3 Å². The average molecular weight is 394 g/mol. The summed E-state index contributed by atoms with van der Waals surface area (Å²) in [6.45, 7) is 0. The number of aromatic amines is 1. The number of non-ortho nitro benzene ring substituents is 1. The number of aromatic nitrogens is 3. The molecule has 1 aromatic heterocycles. The van der Waals surface area contributed by atoms with Crippen LogP contribution in [-0.2, 0) is 0 Å². The van der Waals surface area contributed by atoms with E-state index in [2.05, 4.69) is 15.3 Å². The van der Waals surface area contributed by atoms with E-state index >= 15 is 0 Å². The number of hydrogen-bond acceptors (Lipinski definition) is 5. The van der Waals surface area contributed by atoms with E-state index in [0.29, 0.717) is 27.0 Å². The van der Waals surface area contributed by atoms with Crippen LogP contribution in [0.5, 0.6) is 0 Å². The van der Waals surface area contributed by atoms with Crippen LogP contribution in [0.15, 0.2) is 47.6 Å². The van der Waals surface area contributed by atoms with Crippen LogP contribution in [-0.4, -0.2) is 26.0 Å². The van der Waals surface area contributed by atoms with Gasteiger partial charge in [0.05, 0.1) is 16.2 Å². The van der Waals surface area contributed by atoms with Gasteiger partial charge in [0, 0.05) is 22.7 Å². The maximum atomic E-state index is 10.7. The summed E-state index contributed by atoms with van der Waals surface area (Å²) in [5, 5.41) is 22.7. The number of H-pyrrole nitrogens is 1. The molecule has 0 saturated heterocycles. The maximum Gasteiger partial charge on any atom is 0.269 e.